The highest BCUT2D eigenvalue weighted by atomic mass is 127. The third kappa shape index (κ3) is 7.05. The van der Waals surface area contributed by atoms with E-state index in [9.17, 15) is 18.0 Å². The van der Waals surface area contributed by atoms with Crippen LogP contribution in [-0.4, -0.2) is 50.8 Å². The molecule has 8 nitrogen and oxygen atoms in total. The number of anilines is 2. The van der Waals surface area contributed by atoms with Crippen molar-refractivity contribution in [3.05, 3.63) is 56.4 Å². The van der Waals surface area contributed by atoms with Crippen molar-refractivity contribution in [2.75, 3.05) is 38.9 Å². The number of amides is 1. The van der Waals surface area contributed by atoms with Crippen molar-refractivity contribution in [1.82, 2.24) is 5.48 Å². The summed E-state index contributed by atoms with van der Waals surface area (Å²) in [6, 6.07) is 5.05. The van der Waals surface area contributed by atoms with Crippen LogP contribution >= 0.6 is 22.6 Å². The average molecular weight is 553 g/mol. The third-order valence-electron chi connectivity index (χ3n) is 3.67. The highest BCUT2D eigenvalue weighted by Gasteiger charge is 2.23. The lowest BCUT2D eigenvalue weighted by molar-refractivity contribution is 0.00891. The van der Waals surface area contributed by atoms with E-state index in [2.05, 4.69) is 20.8 Å². The highest BCUT2D eigenvalue weighted by Crippen LogP contribution is 2.30. The fourth-order valence-electron chi connectivity index (χ4n) is 2.25. The molecule has 0 fully saturated rings. The number of carbonyl (C=O) groups is 1. The first-order chi connectivity index (χ1) is 14.9. The summed E-state index contributed by atoms with van der Waals surface area (Å²) in [4.78, 5) is 22.1. The summed E-state index contributed by atoms with van der Waals surface area (Å²) in [6.45, 7) is -0.307. The molecule has 0 bridgehead atoms. The molecule has 0 aliphatic rings. The lowest BCUT2D eigenvalue weighted by Gasteiger charge is -2.15. The number of benzene rings is 2. The van der Waals surface area contributed by atoms with Gasteiger partial charge in [-0.2, -0.15) is 0 Å². The molecule has 0 aliphatic carbocycles. The zero-order valence-electron chi connectivity index (χ0n) is 16.3. The molecule has 0 aromatic heterocycles. The zero-order chi connectivity index (χ0) is 22.8. The first-order valence-corrected chi connectivity index (χ1v) is 9.88. The summed E-state index contributed by atoms with van der Waals surface area (Å²) in [7, 11) is 1.43. The predicted octanol–water partition coefficient (Wildman–Crippen LogP) is 3.10. The van der Waals surface area contributed by atoms with Crippen LogP contribution in [0.25, 0.3) is 0 Å². The second-order valence-electron chi connectivity index (χ2n) is 5.83. The van der Waals surface area contributed by atoms with Crippen molar-refractivity contribution in [3.8, 4) is 0 Å². The van der Waals surface area contributed by atoms with Crippen LogP contribution in [0.5, 0.6) is 0 Å². The Morgan fingerprint density at radius 1 is 1.19 bits per heavy atom. The van der Waals surface area contributed by atoms with Gasteiger partial charge in [-0.05, 0) is 46.9 Å². The van der Waals surface area contributed by atoms with Gasteiger partial charge in [0, 0.05) is 16.2 Å². The number of oxime groups is 1. The summed E-state index contributed by atoms with van der Waals surface area (Å²) >= 11 is 1.89. The molecule has 0 spiro atoms. The summed E-state index contributed by atoms with van der Waals surface area (Å²) in [5.41, 5.74) is 0.530. The van der Waals surface area contributed by atoms with Crippen LogP contribution in [0.4, 0.5) is 24.5 Å². The molecule has 2 aromatic carbocycles. The molecule has 168 valence electrons. The minimum Gasteiger partial charge on any atom is -0.393 e. The molecule has 12 heteroatoms. The lowest BCUT2D eigenvalue weighted by atomic mass is 10.1. The van der Waals surface area contributed by atoms with Gasteiger partial charge in [0.1, 0.15) is 12.4 Å². The molecular weight excluding hydrogens is 534 g/mol. The Balaban J connectivity index is 2.43. The maximum absolute atomic E-state index is 14.9. The molecule has 0 saturated heterocycles. The normalized spacial score (nSPS) is 11.0. The Morgan fingerprint density at radius 3 is 2.65 bits per heavy atom. The maximum Gasteiger partial charge on any atom is 0.277 e. The molecule has 1 amide bonds. The number of carbonyl (C=O) groups excluding carboxylic acids is 1. The number of nitrogens with one attached hydrogen (secondary N) is 2. The Labute approximate surface area is 189 Å². The number of halogens is 4. The van der Waals surface area contributed by atoms with Gasteiger partial charge in [0.15, 0.2) is 11.6 Å². The number of ether oxygens (including phenoxy) is 1. The standard InChI is InChI=1S/C19H19F3IN3O5/c1-29-6-7-31-26-19(28)13-8-11(10-24-30-5-4-27)16(21)17(22)18(13)25-15-3-2-12(23)9-14(15)20/h2-3,8-10,25,27H,4-7H2,1H3,(H,26,28)/b24-10+. The summed E-state index contributed by atoms with van der Waals surface area (Å²) < 4.78 is 49.0. The Hall–Kier alpha value is -2.42. The molecule has 2 aromatic rings. The molecule has 0 atom stereocenters. The van der Waals surface area contributed by atoms with Crippen molar-refractivity contribution >= 4 is 46.1 Å². The second-order valence-corrected chi connectivity index (χ2v) is 7.07. The molecule has 0 aliphatic heterocycles. The molecular formula is C19H19F3IN3O5. The smallest absolute Gasteiger partial charge is 0.277 e. The van der Waals surface area contributed by atoms with E-state index in [4.69, 9.17) is 14.7 Å². The van der Waals surface area contributed by atoms with Gasteiger partial charge in [-0.1, -0.05) is 5.16 Å². The molecule has 2 rings (SSSR count). The summed E-state index contributed by atoms with van der Waals surface area (Å²) in [5, 5.41) is 14.5. The van der Waals surface area contributed by atoms with Gasteiger partial charge in [-0.3, -0.25) is 9.63 Å². The highest BCUT2D eigenvalue weighted by molar-refractivity contribution is 14.1. The van der Waals surface area contributed by atoms with Crippen LogP contribution in [0, 0.1) is 21.0 Å². The van der Waals surface area contributed by atoms with E-state index in [1.165, 1.54) is 19.2 Å². The Kier molecular flexibility index (Phi) is 9.97. The minimum atomic E-state index is -1.44. The predicted molar refractivity (Wildman–Crippen MR) is 115 cm³/mol. The first-order valence-electron chi connectivity index (χ1n) is 8.80. The van der Waals surface area contributed by atoms with E-state index in [1.54, 1.807) is 6.07 Å². The number of hydrogen-bond acceptors (Lipinski definition) is 7. The van der Waals surface area contributed by atoms with Crippen LogP contribution < -0.4 is 10.8 Å². The van der Waals surface area contributed by atoms with Gasteiger partial charge in [-0.25, -0.2) is 18.7 Å². The Bertz CT molecular complexity index is 946. The summed E-state index contributed by atoms with van der Waals surface area (Å²) in [6.07, 6.45) is 0.839. The number of hydrogen-bond donors (Lipinski definition) is 3. The maximum atomic E-state index is 14.9. The first kappa shape index (κ1) is 24.8. The van der Waals surface area contributed by atoms with E-state index in [0.29, 0.717) is 3.57 Å². The lowest BCUT2D eigenvalue weighted by Crippen LogP contribution is -2.27. The number of nitrogens with zero attached hydrogens (tertiary/aromatic N) is 1. The monoisotopic (exact) mass is 553 g/mol. The van der Waals surface area contributed by atoms with Gasteiger partial charge in [0.25, 0.3) is 5.91 Å². The van der Waals surface area contributed by atoms with Crippen molar-refractivity contribution < 1.29 is 37.5 Å². The SMILES string of the molecule is COCCONC(=O)c1cc(/C=N/OCCO)c(F)c(F)c1Nc1ccc(I)cc1F. The van der Waals surface area contributed by atoms with Gasteiger partial charge < -0.3 is 20.0 Å². The molecule has 0 unspecified atom stereocenters. The van der Waals surface area contributed by atoms with Crippen molar-refractivity contribution in [2.24, 2.45) is 5.16 Å². The number of rotatable bonds is 11. The average Bonchev–Trinajstić information content (AvgIpc) is 2.74. The van der Waals surface area contributed by atoms with E-state index in [0.717, 1.165) is 12.3 Å². The number of hydroxylamine groups is 1. The van der Waals surface area contributed by atoms with Crippen LogP contribution in [0.2, 0.25) is 0 Å². The van der Waals surface area contributed by atoms with Crippen LogP contribution in [0.3, 0.4) is 0 Å². The Morgan fingerprint density at radius 2 is 1.97 bits per heavy atom. The number of aliphatic hydroxyl groups is 1. The zero-order valence-corrected chi connectivity index (χ0v) is 18.4. The molecule has 0 radical (unpaired) electrons. The third-order valence-corrected chi connectivity index (χ3v) is 4.34. The van der Waals surface area contributed by atoms with Crippen molar-refractivity contribution in [1.29, 1.82) is 0 Å². The topological polar surface area (TPSA) is 101 Å². The summed E-state index contributed by atoms with van der Waals surface area (Å²) in [5.74, 6) is -4.43. The van der Waals surface area contributed by atoms with Gasteiger partial charge in [0.05, 0.1) is 43.0 Å². The van der Waals surface area contributed by atoms with Crippen LogP contribution in [0.15, 0.2) is 29.4 Å². The van der Waals surface area contributed by atoms with Crippen molar-refractivity contribution in [3.63, 3.8) is 0 Å². The number of aliphatic hydroxyl groups excluding tert-OH is 1. The largest absolute Gasteiger partial charge is 0.393 e. The van der Waals surface area contributed by atoms with E-state index >= 15 is 0 Å². The second kappa shape index (κ2) is 12.4. The fraction of sp³-hybridized carbons (Fsp3) is 0.263. The van der Waals surface area contributed by atoms with Gasteiger partial charge >= 0.3 is 0 Å². The van der Waals surface area contributed by atoms with E-state index < -0.39 is 34.6 Å². The van der Waals surface area contributed by atoms with E-state index in [1.807, 2.05) is 22.6 Å². The fourth-order valence-corrected chi connectivity index (χ4v) is 2.70. The molecule has 0 saturated carbocycles. The van der Waals surface area contributed by atoms with Gasteiger partial charge in [0.2, 0.25) is 0 Å². The molecule has 31 heavy (non-hydrogen) atoms. The van der Waals surface area contributed by atoms with Gasteiger partial charge in [-0.15, -0.1) is 0 Å². The quantitative estimate of drug-likeness (QED) is 0.171. The minimum absolute atomic E-state index is 0.00371. The molecule has 0 heterocycles. The van der Waals surface area contributed by atoms with Crippen LogP contribution in [0.1, 0.15) is 15.9 Å². The van der Waals surface area contributed by atoms with Crippen LogP contribution in [-0.2, 0) is 14.4 Å². The van der Waals surface area contributed by atoms with Crippen molar-refractivity contribution in [2.45, 2.75) is 0 Å². The molecule has 3 N–H and O–H groups in total. The van der Waals surface area contributed by atoms with E-state index in [-0.39, 0.29) is 37.7 Å². The number of methoxy groups -OCH3 is 1.